The van der Waals surface area contributed by atoms with E-state index in [0.29, 0.717) is 6.42 Å². The van der Waals surface area contributed by atoms with Crippen LogP contribution in [0, 0.1) is 5.92 Å². The molecule has 0 fully saturated rings. The largest absolute Gasteiger partial charge is 1.00 e. The maximum absolute atomic E-state index is 12.9. The van der Waals surface area contributed by atoms with Crippen molar-refractivity contribution in [3.8, 4) is 0 Å². The van der Waals surface area contributed by atoms with Crippen molar-refractivity contribution in [3.63, 3.8) is 0 Å². The van der Waals surface area contributed by atoms with Crippen LogP contribution in [-0.4, -0.2) is 43.0 Å². The van der Waals surface area contributed by atoms with E-state index < -0.39 is 50.1 Å². The first-order valence-corrected chi connectivity index (χ1v) is 11.2. The zero-order valence-electron chi connectivity index (χ0n) is 19.3. The molecule has 0 bridgehead atoms. The number of amides is 2. The molecule has 0 saturated heterocycles. The Bertz CT molecular complexity index is 771. The van der Waals surface area contributed by atoms with Gasteiger partial charge in [0.25, 0.3) is 0 Å². The van der Waals surface area contributed by atoms with Crippen LogP contribution >= 0.6 is 7.75 Å². The molecule has 1 aromatic carbocycles. The molecule has 0 saturated carbocycles. The Labute approximate surface area is 273 Å². The van der Waals surface area contributed by atoms with Crippen LogP contribution in [0.15, 0.2) is 30.3 Å². The molecule has 0 radical (unpaired) electrons. The third-order valence-electron chi connectivity index (χ3n) is 4.41. The average Bonchev–Trinajstić information content (AvgIpc) is 2.69. The molecular formula is C19H28K2N3O7P. The van der Waals surface area contributed by atoms with Crippen LogP contribution in [0.5, 0.6) is 0 Å². The number of carboxylic acids is 1. The minimum Gasteiger partial charge on any atom is -0.766 e. The van der Waals surface area contributed by atoms with Gasteiger partial charge < -0.3 is 30.0 Å². The van der Waals surface area contributed by atoms with E-state index in [0.717, 1.165) is 5.56 Å². The van der Waals surface area contributed by atoms with Crippen LogP contribution in [0.2, 0.25) is 0 Å². The smallest absolute Gasteiger partial charge is 0.766 e. The first-order valence-electron chi connectivity index (χ1n) is 9.64. The predicted molar refractivity (Wildman–Crippen MR) is 106 cm³/mol. The molecule has 0 aliphatic carbocycles. The molecule has 0 spiro atoms. The van der Waals surface area contributed by atoms with E-state index in [2.05, 4.69) is 20.2 Å². The van der Waals surface area contributed by atoms with Gasteiger partial charge in [0.2, 0.25) is 19.6 Å². The van der Waals surface area contributed by atoms with Gasteiger partial charge in [-0.05, 0) is 18.4 Å². The fraction of sp³-hybridized carbons (Fsp3) is 0.526. The van der Waals surface area contributed by atoms with Crippen molar-refractivity contribution in [3.05, 3.63) is 35.9 Å². The van der Waals surface area contributed by atoms with Gasteiger partial charge in [-0.1, -0.05) is 50.6 Å². The minimum atomic E-state index is -4.48. The van der Waals surface area contributed by atoms with Crippen LogP contribution in [0.3, 0.4) is 0 Å². The van der Waals surface area contributed by atoms with Crippen LogP contribution in [-0.2, 0) is 29.9 Å². The van der Waals surface area contributed by atoms with Gasteiger partial charge in [-0.25, -0.2) is 5.09 Å². The molecule has 1 unspecified atom stereocenters. The van der Waals surface area contributed by atoms with Crippen molar-refractivity contribution in [1.82, 2.24) is 15.7 Å². The van der Waals surface area contributed by atoms with Gasteiger partial charge >= 0.3 is 103 Å². The number of aliphatic carboxylic acids is 1. The summed E-state index contributed by atoms with van der Waals surface area (Å²) < 4.78 is 16.7. The zero-order valence-corrected chi connectivity index (χ0v) is 26.4. The summed E-state index contributed by atoms with van der Waals surface area (Å²) in [5, 5.41) is 17.6. The molecule has 32 heavy (non-hydrogen) atoms. The molecule has 1 aromatic rings. The summed E-state index contributed by atoms with van der Waals surface area (Å²) in [7, 11) is -4.48. The normalized spacial score (nSPS) is 15.0. The van der Waals surface area contributed by atoms with Gasteiger partial charge in [-0.15, -0.1) is 0 Å². The molecule has 0 heterocycles. The van der Waals surface area contributed by atoms with Crippen LogP contribution < -0.4 is 128 Å². The SMILES string of the molecule is CCOP(=O)([O-])N[C@H](C(=O)N[C@@H](Cc1ccccc1)C(=O)NCC(=O)[O-])[C@@H](C)CC.[K+].[K+]. The van der Waals surface area contributed by atoms with Crippen LogP contribution in [0.4, 0.5) is 0 Å². The molecule has 168 valence electrons. The molecule has 0 aromatic heterocycles. The summed E-state index contributed by atoms with van der Waals surface area (Å²) in [4.78, 5) is 48.0. The zero-order chi connectivity index (χ0) is 22.7. The topological polar surface area (TPSA) is 160 Å². The Morgan fingerprint density at radius 2 is 1.69 bits per heavy atom. The summed E-state index contributed by atoms with van der Waals surface area (Å²) in [5.41, 5.74) is 0.725. The van der Waals surface area contributed by atoms with E-state index in [1.54, 1.807) is 44.2 Å². The predicted octanol–water partition coefficient (Wildman–Crippen LogP) is -6.90. The summed E-state index contributed by atoms with van der Waals surface area (Å²) in [6, 6.07) is 6.50. The van der Waals surface area contributed by atoms with Crippen molar-refractivity contribution < 1.29 is 136 Å². The van der Waals surface area contributed by atoms with E-state index in [1.165, 1.54) is 6.92 Å². The fourth-order valence-electron chi connectivity index (χ4n) is 2.66. The number of carboxylic acid groups (broad SMARTS) is 1. The monoisotopic (exact) mass is 519 g/mol. The average molecular weight is 520 g/mol. The Morgan fingerprint density at radius 3 is 2.19 bits per heavy atom. The van der Waals surface area contributed by atoms with Gasteiger partial charge in [0, 0.05) is 6.42 Å². The quantitative estimate of drug-likeness (QED) is 0.171. The number of rotatable bonds is 13. The third-order valence-corrected chi connectivity index (χ3v) is 5.61. The Balaban J connectivity index is 0. The second kappa shape index (κ2) is 18.3. The first-order chi connectivity index (χ1) is 14.1. The Morgan fingerprint density at radius 1 is 1.09 bits per heavy atom. The second-order valence-corrected chi connectivity index (χ2v) is 8.26. The van der Waals surface area contributed by atoms with E-state index in [-0.39, 0.29) is 116 Å². The van der Waals surface area contributed by atoms with Crippen molar-refractivity contribution in [2.45, 2.75) is 45.7 Å². The number of hydrogen-bond donors (Lipinski definition) is 3. The standard InChI is InChI=1S/C19H30N3O7P.2K/c1-4-13(3)17(22-30(27,28)29-5-2)19(26)21-15(18(25)20-12-16(23)24)11-14-9-7-6-8-10-14;;/h6-10,13,15,17H,4-5,11-12H2,1-3H3,(H,20,25)(H,21,26)(H,23,24)(H2,22,27,28);;/q;2*+1/p-2/t13-,15-,17-;;/m0../s1. The number of carbonyl (C=O) groups is 3. The molecule has 2 amide bonds. The molecule has 4 atom stereocenters. The van der Waals surface area contributed by atoms with Crippen molar-refractivity contribution in [2.75, 3.05) is 13.2 Å². The minimum absolute atomic E-state index is 0. The third kappa shape index (κ3) is 13.8. The second-order valence-electron chi connectivity index (χ2n) is 6.75. The van der Waals surface area contributed by atoms with Crippen LogP contribution in [0.25, 0.3) is 0 Å². The fourth-order valence-corrected chi connectivity index (χ4v) is 3.79. The van der Waals surface area contributed by atoms with Crippen molar-refractivity contribution in [1.29, 1.82) is 0 Å². The van der Waals surface area contributed by atoms with E-state index in [1.807, 2.05) is 0 Å². The van der Waals surface area contributed by atoms with Gasteiger partial charge in [-0.3, -0.25) is 14.2 Å². The first kappa shape index (κ1) is 35.2. The number of carbonyl (C=O) groups excluding carboxylic acids is 3. The summed E-state index contributed by atoms with van der Waals surface area (Å²) >= 11 is 0. The van der Waals surface area contributed by atoms with Gasteiger partial charge in [0.1, 0.15) is 6.04 Å². The molecule has 10 nitrogen and oxygen atoms in total. The van der Waals surface area contributed by atoms with Crippen molar-refractivity contribution in [2.24, 2.45) is 5.92 Å². The molecule has 13 heteroatoms. The van der Waals surface area contributed by atoms with E-state index >= 15 is 0 Å². The number of nitrogens with one attached hydrogen (secondary N) is 3. The van der Waals surface area contributed by atoms with Gasteiger partial charge in [0.05, 0.1) is 25.2 Å². The maximum atomic E-state index is 12.9. The molecule has 1 rings (SSSR count). The molecule has 3 N–H and O–H groups in total. The molecule has 0 aliphatic heterocycles. The maximum Gasteiger partial charge on any atom is 1.00 e. The van der Waals surface area contributed by atoms with E-state index in [4.69, 9.17) is 0 Å². The van der Waals surface area contributed by atoms with Crippen LogP contribution in [0.1, 0.15) is 32.8 Å². The van der Waals surface area contributed by atoms with Crippen molar-refractivity contribution >= 4 is 25.5 Å². The van der Waals surface area contributed by atoms with Gasteiger partial charge in [0.15, 0.2) is 0 Å². The Hall–Kier alpha value is 1.01. The molecule has 0 aliphatic rings. The Kier molecular flexibility index (Phi) is 20.1. The number of benzene rings is 1. The number of hydrogen-bond acceptors (Lipinski definition) is 7. The summed E-state index contributed by atoms with van der Waals surface area (Å²) in [6.07, 6.45) is 0.566. The van der Waals surface area contributed by atoms with Gasteiger partial charge in [-0.2, -0.15) is 0 Å². The van der Waals surface area contributed by atoms with E-state index in [9.17, 15) is 28.9 Å². The summed E-state index contributed by atoms with van der Waals surface area (Å²) in [6.45, 7) is 4.17. The summed E-state index contributed by atoms with van der Waals surface area (Å²) in [5.74, 6) is -3.31. The molecular weight excluding hydrogens is 491 g/mol.